The Morgan fingerprint density at radius 2 is 1.96 bits per heavy atom. The minimum absolute atomic E-state index is 0.0443. The van der Waals surface area contributed by atoms with Crippen LogP contribution in [0, 0.1) is 24.0 Å². The number of aryl methyl sites for hydroxylation is 2. The van der Waals surface area contributed by atoms with E-state index in [0.717, 1.165) is 16.2 Å². The lowest BCUT2D eigenvalue weighted by Crippen LogP contribution is -2.20. The first-order valence-corrected chi connectivity index (χ1v) is 8.97. The maximum Gasteiger partial charge on any atom is 0.272 e. The lowest BCUT2D eigenvalue weighted by Gasteiger charge is -2.06. The summed E-state index contributed by atoms with van der Waals surface area (Å²) < 4.78 is 0. The van der Waals surface area contributed by atoms with Crippen LogP contribution in [0.4, 0.5) is 5.69 Å². The molecular formula is C19H18N2O3S. The van der Waals surface area contributed by atoms with E-state index in [1.54, 1.807) is 30.8 Å². The summed E-state index contributed by atoms with van der Waals surface area (Å²) in [6.45, 7) is 3.72. The number of nitro benzene ring substituents is 1. The summed E-state index contributed by atoms with van der Waals surface area (Å²) in [7, 11) is 0. The summed E-state index contributed by atoms with van der Waals surface area (Å²) in [6, 6.07) is 12.6. The van der Waals surface area contributed by atoms with Crippen molar-refractivity contribution >= 4 is 28.3 Å². The van der Waals surface area contributed by atoms with E-state index >= 15 is 0 Å². The van der Waals surface area contributed by atoms with Gasteiger partial charge in [0.2, 0.25) is 0 Å². The van der Waals surface area contributed by atoms with Gasteiger partial charge < -0.3 is 0 Å². The highest BCUT2D eigenvalue weighted by Crippen LogP contribution is 2.25. The van der Waals surface area contributed by atoms with Gasteiger partial charge in [-0.2, -0.15) is 0 Å². The minimum Gasteiger partial charge on any atom is -0.297 e. The molecule has 0 saturated carbocycles. The van der Waals surface area contributed by atoms with Crippen LogP contribution >= 0.6 is 11.8 Å². The van der Waals surface area contributed by atoms with Gasteiger partial charge in [-0.15, -0.1) is 11.8 Å². The highest BCUT2D eigenvalue weighted by Gasteiger charge is 2.26. The van der Waals surface area contributed by atoms with Crippen molar-refractivity contribution in [2.45, 2.75) is 26.3 Å². The van der Waals surface area contributed by atoms with Crippen molar-refractivity contribution in [3.8, 4) is 0 Å². The summed E-state index contributed by atoms with van der Waals surface area (Å²) in [5.74, 6) is 0.691. The van der Waals surface area contributed by atoms with Crippen molar-refractivity contribution in [1.82, 2.24) is 0 Å². The van der Waals surface area contributed by atoms with Crippen LogP contribution in [0.25, 0.3) is 0 Å². The van der Waals surface area contributed by atoms with Crippen LogP contribution in [-0.4, -0.2) is 27.5 Å². The van der Waals surface area contributed by atoms with E-state index in [2.05, 4.69) is 4.99 Å². The molecule has 1 atom stereocenters. The molecule has 1 heterocycles. The Kier molecular flexibility index (Phi) is 4.99. The summed E-state index contributed by atoms with van der Waals surface area (Å²) in [6.07, 6.45) is 0.245. The number of Topliss-reactive ketones (excluding diaryl/α,β-unsaturated/α-hetero) is 1. The quantitative estimate of drug-likeness (QED) is 0.603. The normalized spacial score (nSPS) is 16.6. The smallest absolute Gasteiger partial charge is 0.272 e. The van der Waals surface area contributed by atoms with Gasteiger partial charge >= 0.3 is 0 Å². The standard InChI is InChI=1S/C19H18N2O3S/c1-12-3-6-15(7-4-12)19-20-16(11-25-19)18(22)10-14-5-8-17(21(23)24)13(2)9-14/h3-9,16H,10-11H2,1-2H3. The molecule has 2 aromatic carbocycles. The van der Waals surface area contributed by atoms with E-state index in [9.17, 15) is 14.9 Å². The third-order valence-electron chi connectivity index (χ3n) is 4.16. The number of rotatable bonds is 5. The van der Waals surface area contributed by atoms with Crippen molar-refractivity contribution in [1.29, 1.82) is 0 Å². The van der Waals surface area contributed by atoms with Gasteiger partial charge in [0.15, 0.2) is 5.78 Å². The van der Waals surface area contributed by atoms with Gasteiger partial charge in [0, 0.05) is 29.4 Å². The Labute approximate surface area is 150 Å². The summed E-state index contributed by atoms with van der Waals surface area (Å²) in [4.78, 5) is 27.6. The lowest BCUT2D eigenvalue weighted by atomic mass is 10.0. The SMILES string of the molecule is Cc1ccc(C2=NC(C(=O)Cc3ccc([N+](=O)[O-])c(C)c3)CS2)cc1. The molecule has 0 aliphatic carbocycles. The number of thioether (sulfide) groups is 1. The second-order valence-corrected chi connectivity index (χ2v) is 7.16. The van der Waals surface area contributed by atoms with Crippen LogP contribution in [0.5, 0.6) is 0 Å². The van der Waals surface area contributed by atoms with E-state index < -0.39 is 4.92 Å². The number of carbonyl (C=O) groups excluding carboxylic acids is 1. The molecule has 1 aliphatic rings. The molecule has 0 fully saturated rings. The van der Waals surface area contributed by atoms with Gasteiger partial charge in [0.25, 0.3) is 5.69 Å². The first-order valence-electron chi connectivity index (χ1n) is 7.98. The maximum absolute atomic E-state index is 12.5. The molecule has 0 radical (unpaired) electrons. The third-order valence-corrected chi connectivity index (χ3v) is 5.25. The van der Waals surface area contributed by atoms with E-state index in [1.165, 1.54) is 11.6 Å². The van der Waals surface area contributed by atoms with Gasteiger partial charge in [-0.25, -0.2) is 0 Å². The highest BCUT2D eigenvalue weighted by molar-refractivity contribution is 8.14. The fourth-order valence-corrected chi connectivity index (χ4v) is 3.82. The van der Waals surface area contributed by atoms with E-state index in [4.69, 9.17) is 0 Å². The summed E-state index contributed by atoms with van der Waals surface area (Å²) in [5, 5.41) is 11.8. The van der Waals surface area contributed by atoms with Crippen molar-refractivity contribution in [2.24, 2.45) is 4.99 Å². The molecule has 0 spiro atoms. The molecule has 5 nitrogen and oxygen atoms in total. The first kappa shape index (κ1) is 17.4. The number of hydrogen-bond donors (Lipinski definition) is 0. The molecule has 2 aromatic rings. The molecule has 0 bridgehead atoms. The predicted molar refractivity (Wildman–Crippen MR) is 101 cm³/mol. The zero-order valence-electron chi connectivity index (χ0n) is 14.1. The van der Waals surface area contributed by atoms with E-state index in [0.29, 0.717) is 11.3 Å². The minimum atomic E-state index is -0.410. The van der Waals surface area contributed by atoms with Gasteiger partial charge in [-0.3, -0.25) is 19.9 Å². The van der Waals surface area contributed by atoms with Crippen LogP contribution in [-0.2, 0) is 11.2 Å². The van der Waals surface area contributed by atoms with Gasteiger partial charge in [-0.1, -0.05) is 35.9 Å². The monoisotopic (exact) mass is 354 g/mol. The molecule has 0 aromatic heterocycles. The number of benzene rings is 2. The van der Waals surface area contributed by atoms with Gasteiger partial charge in [0.1, 0.15) is 6.04 Å². The number of hydrogen-bond acceptors (Lipinski definition) is 5. The Balaban J connectivity index is 1.71. The molecule has 128 valence electrons. The van der Waals surface area contributed by atoms with Crippen LogP contribution in [0.3, 0.4) is 0 Å². The molecule has 1 unspecified atom stereocenters. The molecule has 0 N–H and O–H groups in total. The van der Waals surface area contributed by atoms with Crippen LogP contribution in [0.15, 0.2) is 47.5 Å². The zero-order chi connectivity index (χ0) is 18.0. The van der Waals surface area contributed by atoms with Crippen LogP contribution < -0.4 is 0 Å². The van der Waals surface area contributed by atoms with Gasteiger partial charge in [-0.05, 0) is 25.5 Å². The number of nitrogens with zero attached hydrogens (tertiary/aromatic N) is 2. The average Bonchev–Trinajstić information content (AvgIpc) is 3.05. The van der Waals surface area contributed by atoms with Gasteiger partial charge in [0.05, 0.1) is 9.97 Å². The molecule has 3 rings (SSSR count). The van der Waals surface area contributed by atoms with Crippen LogP contribution in [0.1, 0.15) is 22.3 Å². The molecular weight excluding hydrogens is 336 g/mol. The lowest BCUT2D eigenvalue weighted by molar-refractivity contribution is -0.385. The van der Waals surface area contributed by atoms with E-state index in [-0.39, 0.29) is 23.9 Å². The second kappa shape index (κ2) is 7.19. The molecule has 1 aliphatic heterocycles. The zero-order valence-corrected chi connectivity index (χ0v) is 14.9. The number of aliphatic imine (C=N–C) groups is 1. The number of nitro groups is 1. The van der Waals surface area contributed by atoms with E-state index in [1.807, 2.05) is 31.2 Å². The fraction of sp³-hybridized carbons (Fsp3) is 0.263. The van der Waals surface area contributed by atoms with Crippen molar-refractivity contribution in [3.63, 3.8) is 0 Å². The van der Waals surface area contributed by atoms with Crippen molar-refractivity contribution in [3.05, 3.63) is 74.8 Å². The Morgan fingerprint density at radius 3 is 2.60 bits per heavy atom. The van der Waals surface area contributed by atoms with Crippen molar-refractivity contribution in [2.75, 3.05) is 5.75 Å². The maximum atomic E-state index is 12.5. The summed E-state index contributed by atoms with van der Waals surface area (Å²) >= 11 is 1.60. The van der Waals surface area contributed by atoms with Crippen LogP contribution in [0.2, 0.25) is 0 Å². The Hall–Kier alpha value is -2.47. The molecule has 0 amide bonds. The molecule has 6 heteroatoms. The molecule has 0 saturated heterocycles. The second-order valence-electron chi connectivity index (χ2n) is 6.15. The topological polar surface area (TPSA) is 72.6 Å². The van der Waals surface area contributed by atoms with Crippen molar-refractivity contribution < 1.29 is 9.72 Å². The number of carbonyl (C=O) groups is 1. The first-order chi connectivity index (χ1) is 11.9. The summed E-state index contributed by atoms with van der Waals surface area (Å²) in [5.41, 5.74) is 3.66. The third kappa shape index (κ3) is 3.96. The fourth-order valence-electron chi connectivity index (χ4n) is 2.74. The number of ketones is 1. The highest BCUT2D eigenvalue weighted by atomic mass is 32.2. The predicted octanol–water partition coefficient (Wildman–Crippen LogP) is 3.89. The molecule has 25 heavy (non-hydrogen) atoms. The Bertz CT molecular complexity index is 859. The largest absolute Gasteiger partial charge is 0.297 e. The Morgan fingerprint density at radius 1 is 1.24 bits per heavy atom. The average molecular weight is 354 g/mol.